The van der Waals surface area contributed by atoms with Crippen LogP contribution in [0.15, 0.2) is 11.1 Å². The van der Waals surface area contributed by atoms with Crippen LogP contribution in [0.5, 0.6) is 0 Å². The summed E-state index contributed by atoms with van der Waals surface area (Å²) in [5, 5.41) is 9.51. The topological polar surface area (TPSA) is 63.6 Å². The predicted molar refractivity (Wildman–Crippen MR) is 89.0 cm³/mol. The number of carboxylic acids is 1. The van der Waals surface area contributed by atoms with Crippen LogP contribution in [0, 0.1) is 17.3 Å². The molecule has 0 aromatic carbocycles. The predicted octanol–water partition coefficient (Wildman–Crippen LogP) is 4.34. The fourth-order valence-electron chi connectivity index (χ4n) is 4.37. The number of ether oxygens (including phenoxy) is 1. The van der Waals surface area contributed by atoms with E-state index in [4.69, 9.17) is 4.74 Å². The number of esters is 1. The van der Waals surface area contributed by atoms with Gasteiger partial charge in [-0.05, 0) is 36.5 Å². The molecule has 2 aliphatic carbocycles. The summed E-state index contributed by atoms with van der Waals surface area (Å²) in [5.41, 5.74) is 0.631. The van der Waals surface area contributed by atoms with Crippen molar-refractivity contribution in [2.24, 2.45) is 17.3 Å². The van der Waals surface area contributed by atoms with Crippen molar-refractivity contribution in [3.05, 3.63) is 11.1 Å². The van der Waals surface area contributed by atoms with Crippen molar-refractivity contribution in [3.63, 3.8) is 0 Å². The molecule has 0 heterocycles. The van der Waals surface area contributed by atoms with Crippen molar-refractivity contribution in [2.45, 2.75) is 72.1 Å². The number of carboxylic acid groups (broad SMARTS) is 1. The molecule has 1 N–H and O–H groups in total. The quantitative estimate of drug-likeness (QED) is 0.507. The summed E-state index contributed by atoms with van der Waals surface area (Å²) >= 11 is 0. The molecule has 0 aromatic rings. The Morgan fingerprint density at radius 1 is 1.04 bits per heavy atom. The Balaban J connectivity index is 1.89. The first-order valence-corrected chi connectivity index (χ1v) is 9.05. The highest BCUT2D eigenvalue weighted by molar-refractivity contribution is 6.02. The van der Waals surface area contributed by atoms with E-state index >= 15 is 0 Å². The van der Waals surface area contributed by atoms with Gasteiger partial charge in [0.05, 0.1) is 17.8 Å². The van der Waals surface area contributed by atoms with E-state index < -0.39 is 11.9 Å². The number of aliphatic carboxylic acids is 1. The van der Waals surface area contributed by atoms with E-state index in [0.29, 0.717) is 17.8 Å². The van der Waals surface area contributed by atoms with E-state index in [1.54, 1.807) is 0 Å². The first-order valence-electron chi connectivity index (χ1n) is 9.05. The van der Waals surface area contributed by atoms with Crippen LogP contribution in [-0.2, 0) is 14.3 Å². The zero-order chi connectivity index (χ0) is 17.0. The molecule has 2 aliphatic rings. The molecule has 0 amide bonds. The summed E-state index contributed by atoms with van der Waals surface area (Å²) in [6, 6.07) is 0. The van der Waals surface area contributed by atoms with E-state index in [2.05, 4.69) is 20.8 Å². The highest BCUT2D eigenvalue weighted by atomic mass is 16.5. The molecule has 2 rings (SSSR count). The van der Waals surface area contributed by atoms with Crippen LogP contribution in [0.3, 0.4) is 0 Å². The fourth-order valence-corrected chi connectivity index (χ4v) is 4.37. The number of rotatable bonds is 9. The minimum absolute atomic E-state index is 0.0124. The first-order chi connectivity index (χ1) is 10.9. The van der Waals surface area contributed by atoms with Crippen LogP contribution >= 0.6 is 0 Å². The van der Waals surface area contributed by atoms with Gasteiger partial charge in [-0.15, -0.1) is 0 Å². The maximum Gasteiger partial charge on any atom is 0.334 e. The molecule has 0 aliphatic heterocycles. The molecule has 0 saturated heterocycles. The van der Waals surface area contributed by atoms with Crippen LogP contribution in [0.4, 0.5) is 0 Å². The number of unbranched alkanes of at least 4 members (excludes halogenated alkanes) is 5. The van der Waals surface area contributed by atoms with Crippen molar-refractivity contribution >= 4 is 11.9 Å². The van der Waals surface area contributed by atoms with Crippen molar-refractivity contribution in [3.8, 4) is 0 Å². The minimum atomic E-state index is -0.947. The van der Waals surface area contributed by atoms with Gasteiger partial charge in [-0.25, -0.2) is 9.59 Å². The molecule has 2 atom stereocenters. The van der Waals surface area contributed by atoms with E-state index in [1.165, 1.54) is 25.7 Å². The van der Waals surface area contributed by atoms with Gasteiger partial charge in [0.1, 0.15) is 0 Å². The zero-order valence-corrected chi connectivity index (χ0v) is 14.7. The van der Waals surface area contributed by atoms with Gasteiger partial charge in [0.2, 0.25) is 0 Å². The summed E-state index contributed by atoms with van der Waals surface area (Å²) in [4.78, 5) is 24.0. The normalized spacial score (nSPS) is 25.0. The molecule has 0 aromatic heterocycles. The molecule has 2 unspecified atom stereocenters. The van der Waals surface area contributed by atoms with Crippen molar-refractivity contribution in [2.75, 3.05) is 6.61 Å². The second-order valence-corrected chi connectivity index (χ2v) is 7.54. The molecule has 23 heavy (non-hydrogen) atoms. The minimum Gasteiger partial charge on any atom is -0.478 e. The smallest absolute Gasteiger partial charge is 0.334 e. The Labute approximate surface area is 139 Å². The van der Waals surface area contributed by atoms with E-state index in [9.17, 15) is 14.7 Å². The SMILES string of the molecule is CCCCCCCCOC(=O)C1=C(C(=O)O)C2CCC1C2(C)C. The number of carbonyl (C=O) groups is 2. The molecule has 4 nitrogen and oxygen atoms in total. The van der Waals surface area contributed by atoms with Crippen molar-refractivity contribution in [1.29, 1.82) is 0 Å². The lowest BCUT2D eigenvalue weighted by Gasteiger charge is -2.25. The fraction of sp³-hybridized carbons (Fsp3) is 0.789. The van der Waals surface area contributed by atoms with E-state index in [1.807, 2.05) is 0 Å². The standard InChI is InChI=1S/C19H30O4/c1-4-5-6-7-8-9-12-23-18(22)16-14-11-10-13(19(14,2)3)15(16)17(20)21/h13-14H,4-12H2,1-3H3,(H,20,21). The monoisotopic (exact) mass is 322 g/mol. The number of hydrogen-bond acceptors (Lipinski definition) is 3. The Morgan fingerprint density at radius 3 is 2.22 bits per heavy atom. The third-order valence-corrected chi connectivity index (χ3v) is 5.71. The first kappa shape index (κ1) is 18.0. The second kappa shape index (κ2) is 7.50. The van der Waals surface area contributed by atoms with Crippen molar-refractivity contribution in [1.82, 2.24) is 0 Å². The second-order valence-electron chi connectivity index (χ2n) is 7.54. The zero-order valence-electron chi connectivity index (χ0n) is 14.7. The Morgan fingerprint density at radius 2 is 1.61 bits per heavy atom. The summed E-state index contributed by atoms with van der Waals surface area (Å²) < 4.78 is 5.40. The van der Waals surface area contributed by atoms with Crippen LogP contribution in [0.2, 0.25) is 0 Å². The highest BCUT2D eigenvalue weighted by Gasteiger charge is 2.56. The summed E-state index contributed by atoms with van der Waals surface area (Å²) in [6.45, 7) is 6.74. The van der Waals surface area contributed by atoms with Crippen molar-refractivity contribution < 1.29 is 19.4 Å². The van der Waals surface area contributed by atoms with Gasteiger partial charge in [-0.3, -0.25) is 0 Å². The molecular weight excluding hydrogens is 292 g/mol. The molecule has 2 bridgehead atoms. The van der Waals surface area contributed by atoms with Gasteiger partial charge < -0.3 is 9.84 Å². The summed E-state index contributed by atoms with van der Waals surface area (Å²) in [6.07, 6.45) is 8.58. The lowest BCUT2D eigenvalue weighted by molar-refractivity contribution is -0.141. The average molecular weight is 322 g/mol. The summed E-state index contributed by atoms with van der Waals surface area (Å²) in [5.74, 6) is -1.31. The third kappa shape index (κ3) is 3.61. The van der Waals surface area contributed by atoms with Crippen LogP contribution in [0.1, 0.15) is 72.1 Å². The lowest BCUT2D eigenvalue weighted by Crippen LogP contribution is -2.22. The molecule has 130 valence electrons. The van der Waals surface area contributed by atoms with E-state index in [-0.39, 0.29) is 17.3 Å². The number of fused-ring (bicyclic) bond motifs is 2. The largest absolute Gasteiger partial charge is 0.478 e. The average Bonchev–Trinajstić information content (AvgIpc) is 2.92. The van der Waals surface area contributed by atoms with Gasteiger partial charge in [0, 0.05) is 0 Å². The number of hydrogen-bond donors (Lipinski definition) is 1. The van der Waals surface area contributed by atoms with Gasteiger partial charge in [-0.2, -0.15) is 0 Å². The van der Waals surface area contributed by atoms with Gasteiger partial charge in [0.15, 0.2) is 0 Å². The third-order valence-electron chi connectivity index (χ3n) is 5.71. The number of carbonyl (C=O) groups excluding carboxylic acids is 1. The van der Waals surface area contributed by atoms with E-state index in [0.717, 1.165) is 25.7 Å². The van der Waals surface area contributed by atoms with Gasteiger partial charge >= 0.3 is 11.9 Å². The van der Waals surface area contributed by atoms with Gasteiger partial charge in [0.25, 0.3) is 0 Å². The molecule has 4 heteroatoms. The van der Waals surface area contributed by atoms with Crippen LogP contribution in [0.25, 0.3) is 0 Å². The molecule has 1 fully saturated rings. The Kier molecular flexibility index (Phi) is 5.88. The van der Waals surface area contributed by atoms with Crippen LogP contribution < -0.4 is 0 Å². The Bertz CT molecular complexity index is 490. The molecule has 0 radical (unpaired) electrons. The maximum absolute atomic E-state index is 12.4. The molecule has 0 spiro atoms. The molecule has 1 saturated carbocycles. The lowest BCUT2D eigenvalue weighted by atomic mass is 9.79. The summed E-state index contributed by atoms with van der Waals surface area (Å²) in [7, 11) is 0. The maximum atomic E-state index is 12.4. The Hall–Kier alpha value is -1.32. The molecular formula is C19H30O4. The van der Waals surface area contributed by atoms with Gasteiger partial charge in [-0.1, -0.05) is 52.9 Å². The highest BCUT2D eigenvalue weighted by Crippen LogP contribution is 2.60. The van der Waals surface area contributed by atoms with Crippen LogP contribution in [-0.4, -0.2) is 23.7 Å².